The maximum absolute atomic E-state index is 12.6. The van der Waals surface area contributed by atoms with Gasteiger partial charge in [-0.25, -0.2) is 4.79 Å². The van der Waals surface area contributed by atoms with Crippen LogP contribution in [0.2, 0.25) is 0 Å². The largest absolute Gasteiger partial charge is 0.359 e. The molecule has 1 aliphatic rings. The van der Waals surface area contributed by atoms with Crippen LogP contribution in [0.5, 0.6) is 0 Å². The Hall–Kier alpha value is -2.30. The number of rotatable bonds is 3. The van der Waals surface area contributed by atoms with Crippen molar-refractivity contribution in [1.29, 1.82) is 0 Å². The zero-order valence-electron chi connectivity index (χ0n) is 13.0. The van der Waals surface area contributed by atoms with E-state index in [0.717, 1.165) is 48.5 Å². The molecule has 0 radical (unpaired) electrons. The van der Waals surface area contributed by atoms with E-state index in [1.165, 1.54) is 0 Å². The average molecular weight is 299 g/mol. The number of carbonyl (C=O) groups excluding carboxylic acids is 1. The summed E-state index contributed by atoms with van der Waals surface area (Å²) in [4.78, 5) is 14.5. The van der Waals surface area contributed by atoms with Gasteiger partial charge in [0.05, 0.1) is 11.7 Å². The van der Waals surface area contributed by atoms with E-state index in [0.29, 0.717) is 0 Å². The predicted octanol–water partition coefficient (Wildman–Crippen LogP) is 3.91. The molecule has 2 amide bonds. The summed E-state index contributed by atoms with van der Waals surface area (Å²) in [6, 6.07) is 9.74. The van der Waals surface area contributed by atoms with E-state index in [1.54, 1.807) is 0 Å². The van der Waals surface area contributed by atoms with E-state index >= 15 is 0 Å². The van der Waals surface area contributed by atoms with Gasteiger partial charge in [0.15, 0.2) is 5.76 Å². The van der Waals surface area contributed by atoms with E-state index in [1.807, 2.05) is 42.2 Å². The highest BCUT2D eigenvalue weighted by Crippen LogP contribution is 2.32. The molecule has 0 bridgehead atoms. The Kier molecular flexibility index (Phi) is 4.13. The number of amides is 2. The minimum absolute atomic E-state index is 0.0185. The van der Waals surface area contributed by atoms with Gasteiger partial charge in [0, 0.05) is 18.3 Å². The molecule has 22 heavy (non-hydrogen) atoms. The minimum atomic E-state index is -0.0718. The third-order valence-electron chi connectivity index (χ3n) is 4.13. The lowest BCUT2D eigenvalue weighted by Crippen LogP contribution is -2.34. The standard InChI is InChI=1S/C17H21N3O2/c1-3-13-7-4-5-8-14(13)18-17(21)20-10-6-9-15(20)16-11-12(2)19-22-16/h4-5,7-8,11,15H,3,6,9-10H2,1-2H3,(H,18,21)/t15-/m1/s1. The minimum Gasteiger partial charge on any atom is -0.359 e. The number of hydrogen-bond donors (Lipinski definition) is 1. The van der Waals surface area contributed by atoms with Gasteiger partial charge in [0.1, 0.15) is 0 Å². The Morgan fingerprint density at radius 1 is 1.45 bits per heavy atom. The first-order chi connectivity index (χ1) is 10.7. The van der Waals surface area contributed by atoms with Crippen molar-refractivity contribution in [3.05, 3.63) is 47.3 Å². The summed E-state index contributed by atoms with van der Waals surface area (Å²) in [5, 5.41) is 6.97. The first-order valence-electron chi connectivity index (χ1n) is 7.77. The van der Waals surface area contributed by atoms with E-state index < -0.39 is 0 Å². The number of hydrogen-bond acceptors (Lipinski definition) is 3. The van der Waals surface area contributed by atoms with E-state index in [4.69, 9.17) is 4.52 Å². The third kappa shape index (κ3) is 2.84. The molecule has 0 saturated carbocycles. The van der Waals surface area contributed by atoms with Gasteiger partial charge in [-0.3, -0.25) is 0 Å². The summed E-state index contributed by atoms with van der Waals surface area (Å²) in [5.74, 6) is 0.772. The summed E-state index contributed by atoms with van der Waals surface area (Å²) in [6.07, 6.45) is 2.78. The molecular formula is C17H21N3O2. The number of aryl methyl sites for hydroxylation is 2. The van der Waals surface area contributed by atoms with Gasteiger partial charge in [0.2, 0.25) is 0 Å². The summed E-state index contributed by atoms with van der Waals surface area (Å²) in [6.45, 7) is 4.72. The fourth-order valence-corrected chi connectivity index (χ4v) is 2.98. The number of para-hydroxylation sites is 1. The topological polar surface area (TPSA) is 58.4 Å². The Balaban J connectivity index is 1.76. The van der Waals surface area contributed by atoms with Crippen molar-refractivity contribution in [3.8, 4) is 0 Å². The van der Waals surface area contributed by atoms with Crippen LogP contribution in [-0.2, 0) is 6.42 Å². The molecule has 3 rings (SSSR count). The van der Waals surface area contributed by atoms with Gasteiger partial charge in [-0.15, -0.1) is 0 Å². The molecule has 2 heterocycles. The van der Waals surface area contributed by atoms with Crippen LogP contribution in [0.4, 0.5) is 10.5 Å². The molecule has 0 unspecified atom stereocenters. The lowest BCUT2D eigenvalue weighted by atomic mass is 10.1. The average Bonchev–Trinajstić information content (AvgIpc) is 3.16. The summed E-state index contributed by atoms with van der Waals surface area (Å²) in [5.41, 5.74) is 2.87. The zero-order chi connectivity index (χ0) is 15.5. The van der Waals surface area contributed by atoms with Crippen LogP contribution in [0.15, 0.2) is 34.9 Å². The number of anilines is 1. The van der Waals surface area contributed by atoms with Gasteiger partial charge in [-0.1, -0.05) is 30.3 Å². The smallest absolute Gasteiger partial charge is 0.322 e. The molecule has 2 aromatic rings. The first kappa shape index (κ1) is 14.6. The highest BCUT2D eigenvalue weighted by Gasteiger charge is 2.32. The molecule has 1 aromatic heterocycles. The van der Waals surface area contributed by atoms with Crippen molar-refractivity contribution < 1.29 is 9.32 Å². The zero-order valence-corrected chi connectivity index (χ0v) is 13.0. The van der Waals surface area contributed by atoms with Crippen molar-refractivity contribution in [2.75, 3.05) is 11.9 Å². The molecule has 5 nitrogen and oxygen atoms in total. The molecule has 1 fully saturated rings. The Bertz CT molecular complexity index is 665. The van der Waals surface area contributed by atoms with Crippen LogP contribution < -0.4 is 5.32 Å². The predicted molar refractivity (Wildman–Crippen MR) is 84.8 cm³/mol. The molecule has 1 atom stereocenters. The molecule has 1 N–H and O–H groups in total. The monoisotopic (exact) mass is 299 g/mol. The van der Waals surface area contributed by atoms with Crippen molar-refractivity contribution in [2.24, 2.45) is 0 Å². The summed E-state index contributed by atoms with van der Waals surface area (Å²) < 4.78 is 5.35. The number of nitrogens with zero attached hydrogens (tertiary/aromatic N) is 2. The normalized spacial score (nSPS) is 17.7. The Morgan fingerprint density at radius 3 is 3.00 bits per heavy atom. The van der Waals surface area contributed by atoms with Crippen LogP contribution in [0, 0.1) is 6.92 Å². The van der Waals surface area contributed by atoms with Gasteiger partial charge in [0.25, 0.3) is 0 Å². The number of aromatic nitrogens is 1. The first-order valence-corrected chi connectivity index (χ1v) is 7.77. The number of benzene rings is 1. The molecule has 116 valence electrons. The van der Waals surface area contributed by atoms with E-state index in [-0.39, 0.29) is 12.1 Å². The fourth-order valence-electron chi connectivity index (χ4n) is 2.98. The summed E-state index contributed by atoms with van der Waals surface area (Å²) >= 11 is 0. The second-order valence-electron chi connectivity index (χ2n) is 5.66. The Morgan fingerprint density at radius 2 is 2.27 bits per heavy atom. The van der Waals surface area contributed by atoms with Crippen LogP contribution in [0.25, 0.3) is 0 Å². The fraction of sp³-hybridized carbons (Fsp3) is 0.412. The van der Waals surface area contributed by atoms with Gasteiger partial charge >= 0.3 is 6.03 Å². The lowest BCUT2D eigenvalue weighted by molar-refractivity contribution is 0.195. The summed E-state index contributed by atoms with van der Waals surface area (Å²) in [7, 11) is 0. The van der Waals surface area contributed by atoms with Gasteiger partial charge in [-0.05, 0) is 37.8 Å². The Labute approximate surface area is 130 Å². The maximum Gasteiger partial charge on any atom is 0.322 e. The van der Waals surface area contributed by atoms with Crippen LogP contribution >= 0.6 is 0 Å². The van der Waals surface area contributed by atoms with E-state index in [2.05, 4.69) is 17.4 Å². The number of nitrogens with one attached hydrogen (secondary N) is 1. The molecular weight excluding hydrogens is 278 g/mol. The second kappa shape index (κ2) is 6.22. The van der Waals surface area contributed by atoms with Crippen LogP contribution in [0.3, 0.4) is 0 Å². The maximum atomic E-state index is 12.6. The van der Waals surface area contributed by atoms with Crippen molar-refractivity contribution >= 4 is 11.7 Å². The van der Waals surface area contributed by atoms with Crippen LogP contribution in [-0.4, -0.2) is 22.6 Å². The molecule has 1 saturated heterocycles. The highest BCUT2D eigenvalue weighted by atomic mass is 16.5. The van der Waals surface area contributed by atoms with Crippen molar-refractivity contribution in [3.63, 3.8) is 0 Å². The molecule has 0 spiro atoms. The quantitative estimate of drug-likeness (QED) is 0.934. The SMILES string of the molecule is CCc1ccccc1NC(=O)N1CCC[C@@H]1c1cc(C)no1. The molecule has 5 heteroatoms. The molecule has 0 aliphatic carbocycles. The number of carbonyl (C=O) groups is 1. The van der Waals surface area contributed by atoms with E-state index in [9.17, 15) is 4.79 Å². The van der Waals surface area contributed by atoms with Gasteiger partial charge in [-0.2, -0.15) is 0 Å². The molecule has 1 aliphatic heterocycles. The molecule has 1 aromatic carbocycles. The van der Waals surface area contributed by atoms with Crippen molar-refractivity contribution in [2.45, 2.75) is 39.2 Å². The lowest BCUT2D eigenvalue weighted by Gasteiger charge is -2.23. The van der Waals surface area contributed by atoms with Crippen LogP contribution in [0.1, 0.15) is 42.8 Å². The van der Waals surface area contributed by atoms with Gasteiger partial charge < -0.3 is 14.7 Å². The highest BCUT2D eigenvalue weighted by molar-refractivity contribution is 5.90. The van der Waals surface area contributed by atoms with Crippen molar-refractivity contribution in [1.82, 2.24) is 10.1 Å². The second-order valence-corrected chi connectivity index (χ2v) is 5.66. The number of likely N-dealkylation sites (tertiary alicyclic amines) is 1. The number of urea groups is 1. The third-order valence-corrected chi connectivity index (χ3v) is 4.13.